The molecular formula is C23H22O. The fraction of sp³-hybridized carbons (Fsp3) is 0.304. The number of aryl methyl sites for hydroxylation is 1. The lowest BCUT2D eigenvalue weighted by Gasteiger charge is -2.27. The van der Waals surface area contributed by atoms with Crippen molar-refractivity contribution in [1.29, 1.82) is 0 Å². The van der Waals surface area contributed by atoms with Crippen molar-refractivity contribution in [3.05, 3.63) is 71.3 Å². The van der Waals surface area contributed by atoms with Gasteiger partial charge in [-0.3, -0.25) is 0 Å². The molecule has 0 bridgehead atoms. The Balaban J connectivity index is 1.87. The molecule has 0 radical (unpaired) electrons. The van der Waals surface area contributed by atoms with Crippen molar-refractivity contribution in [3.8, 4) is 11.1 Å². The molecule has 1 heterocycles. The van der Waals surface area contributed by atoms with Crippen molar-refractivity contribution in [1.82, 2.24) is 0 Å². The zero-order valence-electron chi connectivity index (χ0n) is 14.1. The lowest BCUT2D eigenvalue weighted by molar-refractivity contribution is -0.0321. The molecule has 1 aliphatic heterocycles. The van der Waals surface area contributed by atoms with Crippen molar-refractivity contribution in [2.24, 2.45) is 0 Å². The molecule has 1 saturated carbocycles. The van der Waals surface area contributed by atoms with Crippen molar-refractivity contribution in [2.75, 3.05) is 0 Å². The number of hydrogen-bond donors (Lipinski definition) is 0. The Hall–Kier alpha value is -2.12. The molecule has 1 spiro atoms. The summed E-state index contributed by atoms with van der Waals surface area (Å²) >= 11 is 0. The lowest BCUT2D eigenvalue weighted by Crippen LogP contribution is -2.21. The normalized spacial score (nSPS) is 18.4. The van der Waals surface area contributed by atoms with E-state index in [0.29, 0.717) is 0 Å². The van der Waals surface area contributed by atoms with Gasteiger partial charge >= 0.3 is 0 Å². The van der Waals surface area contributed by atoms with Crippen LogP contribution in [-0.2, 0) is 16.9 Å². The summed E-state index contributed by atoms with van der Waals surface area (Å²) in [5.41, 5.74) is 6.86. The van der Waals surface area contributed by atoms with Crippen LogP contribution in [0.5, 0.6) is 0 Å². The highest BCUT2D eigenvalue weighted by Gasteiger charge is 2.44. The molecule has 5 rings (SSSR count). The van der Waals surface area contributed by atoms with Gasteiger partial charge in [0.25, 0.3) is 0 Å². The van der Waals surface area contributed by atoms with E-state index in [9.17, 15) is 0 Å². The fourth-order valence-corrected chi connectivity index (χ4v) is 4.69. The molecule has 2 aliphatic rings. The highest BCUT2D eigenvalue weighted by molar-refractivity contribution is 6.00. The van der Waals surface area contributed by atoms with Gasteiger partial charge in [0.2, 0.25) is 0 Å². The van der Waals surface area contributed by atoms with Crippen LogP contribution in [0.3, 0.4) is 0 Å². The maximum Gasteiger partial charge on any atom is 0.0945 e. The van der Waals surface area contributed by atoms with Crippen LogP contribution in [0.4, 0.5) is 0 Å². The first-order valence-electron chi connectivity index (χ1n) is 9.03. The zero-order chi connectivity index (χ0) is 16.1. The summed E-state index contributed by atoms with van der Waals surface area (Å²) < 4.78 is 6.43. The largest absolute Gasteiger partial charge is 0.366 e. The molecule has 0 amide bonds. The van der Waals surface area contributed by atoms with Crippen LogP contribution in [0.15, 0.2) is 54.6 Å². The predicted octanol–water partition coefficient (Wildman–Crippen LogP) is 6.11. The van der Waals surface area contributed by atoms with Gasteiger partial charge in [0.05, 0.1) is 12.2 Å². The van der Waals surface area contributed by atoms with Gasteiger partial charge in [0.15, 0.2) is 0 Å². The van der Waals surface area contributed by atoms with Gasteiger partial charge in [0.1, 0.15) is 0 Å². The van der Waals surface area contributed by atoms with E-state index in [0.717, 1.165) is 19.4 Å². The molecule has 1 nitrogen and oxygen atoms in total. The Morgan fingerprint density at radius 1 is 0.917 bits per heavy atom. The number of ether oxygens (including phenoxy) is 1. The Labute approximate surface area is 143 Å². The summed E-state index contributed by atoms with van der Waals surface area (Å²) in [4.78, 5) is 0. The van der Waals surface area contributed by atoms with E-state index in [1.54, 1.807) is 0 Å². The molecule has 1 heteroatoms. The van der Waals surface area contributed by atoms with E-state index in [2.05, 4.69) is 61.5 Å². The standard InChI is InChI=1S/C23H22O/c1-16-8-10-17(11-9-16)21-20-7-3-2-6-18(20)14-19-15-24-23(22(19)21)12-4-5-13-23/h2-3,6-11,14H,4-5,12-13,15H2,1H3. The van der Waals surface area contributed by atoms with Crippen LogP contribution in [0.25, 0.3) is 21.9 Å². The topological polar surface area (TPSA) is 9.23 Å². The Bertz CT molecular complexity index is 915. The molecule has 3 aromatic carbocycles. The molecule has 3 aromatic rings. The van der Waals surface area contributed by atoms with Gasteiger partial charge in [-0.2, -0.15) is 0 Å². The first-order chi connectivity index (χ1) is 11.8. The Morgan fingerprint density at radius 2 is 1.67 bits per heavy atom. The van der Waals surface area contributed by atoms with E-state index < -0.39 is 0 Å². The number of hydrogen-bond acceptors (Lipinski definition) is 1. The zero-order valence-corrected chi connectivity index (χ0v) is 14.1. The molecule has 1 aliphatic carbocycles. The molecule has 1 fully saturated rings. The second kappa shape index (κ2) is 5.19. The minimum Gasteiger partial charge on any atom is -0.366 e. The average Bonchev–Trinajstić information content (AvgIpc) is 3.23. The quantitative estimate of drug-likeness (QED) is 0.526. The molecule has 0 aromatic heterocycles. The van der Waals surface area contributed by atoms with Crippen molar-refractivity contribution < 1.29 is 4.74 Å². The second-order valence-electron chi connectivity index (χ2n) is 7.36. The van der Waals surface area contributed by atoms with E-state index >= 15 is 0 Å². The molecule has 120 valence electrons. The highest BCUT2D eigenvalue weighted by atomic mass is 16.5. The van der Waals surface area contributed by atoms with E-state index in [4.69, 9.17) is 4.74 Å². The number of fused-ring (bicyclic) bond motifs is 3. The third-order valence-electron chi connectivity index (χ3n) is 5.84. The van der Waals surface area contributed by atoms with Crippen molar-refractivity contribution in [2.45, 2.75) is 44.8 Å². The third kappa shape index (κ3) is 1.98. The van der Waals surface area contributed by atoms with Crippen LogP contribution < -0.4 is 0 Å². The summed E-state index contributed by atoms with van der Waals surface area (Å²) in [6, 6.07) is 20.1. The minimum atomic E-state index is -0.0421. The lowest BCUT2D eigenvalue weighted by atomic mass is 9.81. The smallest absolute Gasteiger partial charge is 0.0945 e. The average molecular weight is 314 g/mol. The minimum absolute atomic E-state index is 0.0421. The first kappa shape index (κ1) is 14.2. The SMILES string of the molecule is Cc1ccc(-c2c3c(cc4ccccc24)COC32CCCC2)cc1. The summed E-state index contributed by atoms with van der Waals surface area (Å²) in [5, 5.41) is 2.68. The van der Waals surface area contributed by atoms with Gasteiger partial charge < -0.3 is 4.74 Å². The first-order valence-corrected chi connectivity index (χ1v) is 9.03. The predicted molar refractivity (Wildman–Crippen MR) is 99.1 cm³/mol. The maximum atomic E-state index is 6.43. The van der Waals surface area contributed by atoms with E-state index in [-0.39, 0.29) is 5.60 Å². The molecule has 0 saturated heterocycles. The van der Waals surface area contributed by atoms with Gasteiger partial charge in [-0.1, -0.05) is 66.9 Å². The summed E-state index contributed by atoms with van der Waals surface area (Å²) in [6.07, 6.45) is 4.88. The summed E-state index contributed by atoms with van der Waals surface area (Å²) in [6.45, 7) is 2.91. The summed E-state index contributed by atoms with van der Waals surface area (Å²) in [5.74, 6) is 0. The van der Waals surface area contributed by atoms with Crippen LogP contribution in [0, 0.1) is 6.92 Å². The molecule has 0 unspecified atom stereocenters. The summed E-state index contributed by atoms with van der Waals surface area (Å²) in [7, 11) is 0. The van der Waals surface area contributed by atoms with E-state index in [1.165, 1.54) is 51.4 Å². The fourth-order valence-electron chi connectivity index (χ4n) is 4.69. The number of benzene rings is 3. The number of rotatable bonds is 1. The highest BCUT2D eigenvalue weighted by Crippen LogP contribution is 2.53. The van der Waals surface area contributed by atoms with Gasteiger partial charge in [-0.15, -0.1) is 0 Å². The van der Waals surface area contributed by atoms with Crippen LogP contribution in [-0.4, -0.2) is 0 Å². The van der Waals surface area contributed by atoms with Gasteiger partial charge in [0, 0.05) is 0 Å². The van der Waals surface area contributed by atoms with Crippen molar-refractivity contribution >= 4 is 10.8 Å². The molecule has 24 heavy (non-hydrogen) atoms. The molecule has 0 N–H and O–H groups in total. The Morgan fingerprint density at radius 3 is 2.46 bits per heavy atom. The van der Waals surface area contributed by atoms with Crippen LogP contribution in [0.1, 0.15) is 42.4 Å². The maximum absolute atomic E-state index is 6.43. The van der Waals surface area contributed by atoms with E-state index in [1.807, 2.05) is 0 Å². The molecular weight excluding hydrogens is 292 g/mol. The molecule has 0 atom stereocenters. The third-order valence-corrected chi connectivity index (χ3v) is 5.84. The monoisotopic (exact) mass is 314 g/mol. The van der Waals surface area contributed by atoms with Crippen molar-refractivity contribution in [3.63, 3.8) is 0 Å². The van der Waals surface area contributed by atoms with Crippen LogP contribution >= 0.6 is 0 Å². The second-order valence-corrected chi connectivity index (χ2v) is 7.36. The van der Waals surface area contributed by atoms with Crippen LogP contribution in [0.2, 0.25) is 0 Å². The Kier molecular flexibility index (Phi) is 3.08. The van der Waals surface area contributed by atoms with Gasteiger partial charge in [-0.25, -0.2) is 0 Å². The van der Waals surface area contributed by atoms with Gasteiger partial charge in [-0.05, 0) is 58.9 Å².